The normalized spacial score (nSPS) is 28.8. The van der Waals surface area contributed by atoms with Crippen molar-refractivity contribution in [3.8, 4) is 0 Å². The van der Waals surface area contributed by atoms with Gasteiger partial charge in [-0.3, -0.25) is 4.90 Å². The molecule has 10 heavy (non-hydrogen) atoms. The maximum atomic E-state index is 5.26. The van der Waals surface area contributed by atoms with E-state index in [4.69, 9.17) is 4.74 Å². The zero-order valence-corrected chi connectivity index (χ0v) is 6.38. The van der Waals surface area contributed by atoms with Gasteiger partial charge in [-0.25, -0.2) is 0 Å². The number of ether oxygens (including phenoxy) is 1. The van der Waals surface area contributed by atoms with Crippen LogP contribution in [0.1, 0.15) is 12.8 Å². The van der Waals surface area contributed by atoms with Crippen molar-refractivity contribution >= 4 is 0 Å². The van der Waals surface area contributed by atoms with Crippen molar-refractivity contribution in [1.82, 2.24) is 4.90 Å². The molecule has 1 saturated heterocycles. The molecule has 2 heteroatoms. The van der Waals surface area contributed by atoms with E-state index in [1.807, 2.05) is 0 Å². The van der Waals surface area contributed by atoms with E-state index >= 15 is 0 Å². The van der Waals surface area contributed by atoms with Gasteiger partial charge in [0, 0.05) is 19.6 Å². The summed E-state index contributed by atoms with van der Waals surface area (Å²) < 4.78 is 5.26. The van der Waals surface area contributed by atoms with Crippen LogP contribution in [0.3, 0.4) is 0 Å². The Labute approximate surface area is 62.2 Å². The largest absolute Gasteiger partial charge is 0.379 e. The van der Waals surface area contributed by atoms with E-state index in [0.717, 1.165) is 32.2 Å². The maximum Gasteiger partial charge on any atom is 0.0594 e. The summed E-state index contributed by atoms with van der Waals surface area (Å²) in [5.41, 5.74) is 0. The van der Waals surface area contributed by atoms with Crippen molar-refractivity contribution in [2.24, 2.45) is 5.92 Å². The first-order valence-electron chi connectivity index (χ1n) is 4.25. The van der Waals surface area contributed by atoms with Crippen LogP contribution < -0.4 is 0 Å². The highest BCUT2D eigenvalue weighted by Crippen LogP contribution is 2.29. The second-order valence-corrected chi connectivity index (χ2v) is 3.36. The van der Waals surface area contributed by atoms with Crippen molar-refractivity contribution in [2.75, 3.05) is 32.8 Å². The molecular weight excluding hydrogens is 126 g/mol. The van der Waals surface area contributed by atoms with E-state index in [0.29, 0.717) is 0 Å². The Morgan fingerprint density at radius 2 is 1.90 bits per heavy atom. The van der Waals surface area contributed by atoms with E-state index < -0.39 is 0 Å². The molecule has 58 valence electrons. The summed E-state index contributed by atoms with van der Waals surface area (Å²) in [4.78, 5) is 2.53. The third-order valence-electron chi connectivity index (χ3n) is 2.32. The van der Waals surface area contributed by atoms with Gasteiger partial charge in [0.1, 0.15) is 0 Å². The Morgan fingerprint density at radius 1 is 1.20 bits per heavy atom. The van der Waals surface area contributed by atoms with Crippen LogP contribution in [0.5, 0.6) is 0 Å². The minimum atomic E-state index is 0.951. The van der Waals surface area contributed by atoms with Crippen LogP contribution in [0.2, 0.25) is 0 Å². The summed E-state index contributed by atoms with van der Waals surface area (Å²) in [5.74, 6) is 1.04. The first-order chi connectivity index (χ1) is 4.95. The van der Waals surface area contributed by atoms with Crippen LogP contribution in [0.25, 0.3) is 0 Å². The molecule has 2 rings (SSSR count). The van der Waals surface area contributed by atoms with E-state index in [1.165, 1.54) is 19.4 Å². The summed E-state index contributed by atoms with van der Waals surface area (Å²) in [5, 5.41) is 0. The molecule has 1 aliphatic heterocycles. The van der Waals surface area contributed by atoms with Crippen LogP contribution in [0.4, 0.5) is 0 Å². The molecule has 0 bridgehead atoms. The van der Waals surface area contributed by atoms with Crippen LogP contribution in [0, 0.1) is 5.92 Å². The van der Waals surface area contributed by atoms with Gasteiger partial charge in [-0.05, 0) is 18.8 Å². The lowest BCUT2D eigenvalue weighted by molar-refractivity contribution is 0.0358. The fraction of sp³-hybridized carbons (Fsp3) is 1.00. The molecule has 0 unspecified atom stereocenters. The Morgan fingerprint density at radius 3 is 2.50 bits per heavy atom. The van der Waals surface area contributed by atoms with Crippen molar-refractivity contribution < 1.29 is 4.74 Å². The van der Waals surface area contributed by atoms with E-state index in [1.54, 1.807) is 0 Å². The second-order valence-electron chi connectivity index (χ2n) is 3.36. The average Bonchev–Trinajstić information content (AvgIpc) is 2.74. The average molecular weight is 141 g/mol. The van der Waals surface area contributed by atoms with Gasteiger partial charge >= 0.3 is 0 Å². The molecule has 0 radical (unpaired) electrons. The third kappa shape index (κ3) is 1.70. The van der Waals surface area contributed by atoms with Gasteiger partial charge < -0.3 is 4.74 Å². The predicted molar refractivity (Wildman–Crippen MR) is 40.0 cm³/mol. The van der Waals surface area contributed by atoms with Gasteiger partial charge in [0.2, 0.25) is 0 Å². The van der Waals surface area contributed by atoms with Gasteiger partial charge in [0.05, 0.1) is 13.2 Å². The highest BCUT2D eigenvalue weighted by atomic mass is 16.5. The first kappa shape index (κ1) is 6.62. The zero-order chi connectivity index (χ0) is 6.81. The van der Waals surface area contributed by atoms with Gasteiger partial charge in [-0.15, -0.1) is 0 Å². The highest BCUT2D eigenvalue weighted by molar-refractivity contribution is 4.77. The Bertz CT molecular complexity index is 106. The predicted octanol–water partition coefficient (Wildman–Crippen LogP) is 0.729. The van der Waals surface area contributed by atoms with Gasteiger partial charge in [0.25, 0.3) is 0 Å². The number of morpholine rings is 1. The number of hydrogen-bond donors (Lipinski definition) is 0. The molecule has 1 heterocycles. The van der Waals surface area contributed by atoms with Crippen molar-refractivity contribution in [2.45, 2.75) is 12.8 Å². The molecule has 0 spiro atoms. The Balaban J connectivity index is 1.69. The standard InChI is InChI=1S/C8H15NO/c1-2-8(1)7-9-3-5-10-6-4-9/h8H,1-7H2. The van der Waals surface area contributed by atoms with Crippen LogP contribution >= 0.6 is 0 Å². The number of hydrogen-bond acceptors (Lipinski definition) is 2. The summed E-state index contributed by atoms with van der Waals surface area (Å²) in [6.45, 7) is 5.57. The molecule has 0 aromatic carbocycles. The van der Waals surface area contributed by atoms with Crippen molar-refractivity contribution in [3.05, 3.63) is 0 Å². The zero-order valence-electron chi connectivity index (χ0n) is 6.38. The molecule has 1 aliphatic carbocycles. The lowest BCUT2D eigenvalue weighted by Crippen LogP contribution is -2.37. The smallest absolute Gasteiger partial charge is 0.0594 e. The topological polar surface area (TPSA) is 12.5 Å². The van der Waals surface area contributed by atoms with Crippen molar-refractivity contribution in [1.29, 1.82) is 0 Å². The molecule has 0 aromatic rings. The maximum absolute atomic E-state index is 5.26. The summed E-state index contributed by atoms with van der Waals surface area (Å²) >= 11 is 0. The first-order valence-corrected chi connectivity index (χ1v) is 4.25. The quantitative estimate of drug-likeness (QED) is 0.562. The lowest BCUT2D eigenvalue weighted by atomic mass is 10.3. The Kier molecular flexibility index (Phi) is 1.91. The Hall–Kier alpha value is -0.0800. The lowest BCUT2D eigenvalue weighted by Gasteiger charge is -2.26. The molecule has 0 amide bonds. The monoisotopic (exact) mass is 141 g/mol. The van der Waals surface area contributed by atoms with Crippen LogP contribution in [-0.4, -0.2) is 37.7 Å². The SMILES string of the molecule is C1CN(CC2CC2)CCO1. The van der Waals surface area contributed by atoms with Gasteiger partial charge in [0.15, 0.2) is 0 Å². The molecule has 0 atom stereocenters. The minimum Gasteiger partial charge on any atom is -0.379 e. The van der Waals surface area contributed by atoms with Crippen molar-refractivity contribution in [3.63, 3.8) is 0 Å². The summed E-state index contributed by atoms with van der Waals surface area (Å²) in [7, 11) is 0. The fourth-order valence-electron chi connectivity index (χ4n) is 1.45. The van der Waals surface area contributed by atoms with Gasteiger partial charge in [-0.1, -0.05) is 0 Å². The third-order valence-corrected chi connectivity index (χ3v) is 2.32. The molecular formula is C8H15NO. The van der Waals surface area contributed by atoms with Gasteiger partial charge in [-0.2, -0.15) is 0 Å². The number of rotatable bonds is 2. The molecule has 2 nitrogen and oxygen atoms in total. The highest BCUT2D eigenvalue weighted by Gasteiger charge is 2.24. The fourth-order valence-corrected chi connectivity index (χ4v) is 1.45. The van der Waals surface area contributed by atoms with Crippen LogP contribution in [-0.2, 0) is 4.74 Å². The molecule has 2 fully saturated rings. The summed E-state index contributed by atoms with van der Waals surface area (Å²) in [6.07, 6.45) is 2.94. The molecule has 0 aromatic heterocycles. The molecule has 0 N–H and O–H groups in total. The van der Waals surface area contributed by atoms with E-state index in [-0.39, 0.29) is 0 Å². The minimum absolute atomic E-state index is 0.951. The van der Waals surface area contributed by atoms with E-state index in [9.17, 15) is 0 Å². The van der Waals surface area contributed by atoms with E-state index in [2.05, 4.69) is 4.90 Å². The summed E-state index contributed by atoms with van der Waals surface area (Å²) in [6, 6.07) is 0. The van der Waals surface area contributed by atoms with Crippen LogP contribution in [0.15, 0.2) is 0 Å². The molecule has 2 aliphatic rings. The second kappa shape index (κ2) is 2.89. The number of nitrogens with zero attached hydrogens (tertiary/aromatic N) is 1. The molecule has 1 saturated carbocycles.